The van der Waals surface area contributed by atoms with Gasteiger partial charge in [-0.2, -0.15) is 0 Å². The van der Waals surface area contributed by atoms with Crippen LogP contribution in [0.2, 0.25) is 0 Å². The fourth-order valence-corrected chi connectivity index (χ4v) is 3.08. The van der Waals surface area contributed by atoms with E-state index in [0.29, 0.717) is 30.4 Å². The summed E-state index contributed by atoms with van der Waals surface area (Å²) in [6, 6.07) is 12.8. The van der Waals surface area contributed by atoms with Crippen LogP contribution in [-0.2, 0) is 0 Å². The topological polar surface area (TPSA) is 59.6 Å². The van der Waals surface area contributed by atoms with Crippen LogP contribution >= 0.6 is 28.1 Å². The Morgan fingerprint density at radius 2 is 1.83 bits per heavy atom. The van der Waals surface area contributed by atoms with Crippen molar-refractivity contribution in [3.05, 3.63) is 52.5 Å². The highest BCUT2D eigenvalue weighted by atomic mass is 79.9. The van der Waals surface area contributed by atoms with Crippen molar-refractivity contribution in [2.24, 2.45) is 5.92 Å². The van der Waals surface area contributed by atoms with E-state index in [-0.39, 0.29) is 11.0 Å². The Morgan fingerprint density at radius 1 is 1.10 bits per heavy atom. The Morgan fingerprint density at radius 3 is 2.50 bits per heavy atom. The van der Waals surface area contributed by atoms with Crippen molar-refractivity contribution in [1.29, 1.82) is 0 Å². The quantitative estimate of drug-likeness (QED) is 0.306. The van der Waals surface area contributed by atoms with Gasteiger partial charge in [0.15, 0.2) is 5.11 Å². The molecule has 2 rings (SSSR count). The summed E-state index contributed by atoms with van der Waals surface area (Å²) in [6.45, 7) is 7.67. The smallest absolute Gasteiger partial charge is 0.261 e. The van der Waals surface area contributed by atoms with Gasteiger partial charge < -0.3 is 14.8 Å². The number of rotatable bonds is 10. The lowest BCUT2D eigenvalue weighted by molar-refractivity contribution is 0.0973. The van der Waals surface area contributed by atoms with Crippen LogP contribution in [0.25, 0.3) is 0 Å². The van der Waals surface area contributed by atoms with Crippen LogP contribution in [0.4, 0.5) is 5.69 Å². The molecule has 0 saturated heterocycles. The van der Waals surface area contributed by atoms with Gasteiger partial charge in [-0.25, -0.2) is 0 Å². The van der Waals surface area contributed by atoms with E-state index in [1.165, 1.54) is 0 Å². The largest absolute Gasteiger partial charge is 0.494 e. The second kappa shape index (κ2) is 12.5. The number of anilines is 1. The summed E-state index contributed by atoms with van der Waals surface area (Å²) >= 11 is 8.70. The molecule has 0 spiro atoms. The molecule has 30 heavy (non-hydrogen) atoms. The summed E-state index contributed by atoms with van der Waals surface area (Å²) in [6.07, 6.45) is 2.96. The number of unbranched alkanes of at least 4 members (excludes halogenated alkanes) is 1. The number of thiocarbonyl (C=S) groups is 1. The number of benzene rings is 2. The predicted molar refractivity (Wildman–Crippen MR) is 130 cm³/mol. The first kappa shape index (κ1) is 24.2. The number of hydrogen-bond acceptors (Lipinski definition) is 4. The van der Waals surface area contributed by atoms with Gasteiger partial charge in [0, 0.05) is 10.2 Å². The van der Waals surface area contributed by atoms with Crippen molar-refractivity contribution >= 4 is 44.9 Å². The molecule has 0 saturated carbocycles. The minimum absolute atomic E-state index is 0.216. The predicted octanol–water partition coefficient (Wildman–Crippen LogP) is 6.18. The first-order valence-corrected chi connectivity index (χ1v) is 11.4. The summed E-state index contributed by atoms with van der Waals surface area (Å²) in [5.74, 6) is 1.62. The zero-order chi connectivity index (χ0) is 21.9. The molecule has 1 amide bonds. The van der Waals surface area contributed by atoms with Gasteiger partial charge in [0.2, 0.25) is 0 Å². The minimum Gasteiger partial charge on any atom is -0.494 e. The molecular formula is C23H29BrN2O3S. The maximum absolute atomic E-state index is 12.7. The lowest BCUT2D eigenvalue weighted by Crippen LogP contribution is -2.34. The van der Waals surface area contributed by atoms with Gasteiger partial charge in [-0.15, -0.1) is 0 Å². The summed E-state index contributed by atoms with van der Waals surface area (Å²) in [4.78, 5) is 12.7. The molecule has 162 valence electrons. The van der Waals surface area contributed by atoms with Gasteiger partial charge in [-0.3, -0.25) is 10.1 Å². The zero-order valence-corrected chi connectivity index (χ0v) is 20.1. The molecule has 2 aromatic rings. The highest BCUT2D eigenvalue weighted by Crippen LogP contribution is 2.24. The molecule has 0 heterocycles. The minimum atomic E-state index is -0.325. The Bertz CT molecular complexity index is 841. The molecule has 0 aliphatic carbocycles. The number of ether oxygens (including phenoxy) is 2. The van der Waals surface area contributed by atoms with Gasteiger partial charge in [0.1, 0.15) is 11.5 Å². The van der Waals surface area contributed by atoms with Crippen molar-refractivity contribution in [3.63, 3.8) is 0 Å². The highest BCUT2D eigenvalue weighted by molar-refractivity contribution is 9.10. The van der Waals surface area contributed by atoms with E-state index in [1.54, 1.807) is 12.1 Å². The van der Waals surface area contributed by atoms with Crippen LogP contribution in [0.3, 0.4) is 0 Å². The molecule has 0 bridgehead atoms. The summed E-state index contributed by atoms with van der Waals surface area (Å²) < 4.78 is 12.3. The van der Waals surface area contributed by atoms with Gasteiger partial charge in [0.05, 0.1) is 18.8 Å². The molecule has 0 aromatic heterocycles. The van der Waals surface area contributed by atoms with Crippen LogP contribution < -0.4 is 20.1 Å². The van der Waals surface area contributed by atoms with Crippen LogP contribution in [0.15, 0.2) is 46.9 Å². The average molecular weight is 493 g/mol. The van der Waals surface area contributed by atoms with Crippen molar-refractivity contribution in [3.8, 4) is 11.5 Å². The normalized spacial score (nSPS) is 10.6. The maximum atomic E-state index is 12.7. The number of halogens is 1. The molecule has 0 unspecified atom stereocenters. The average Bonchev–Trinajstić information content (AvgIpc) is 2.70. The van der Waals surface area contributed by atoms with Crippen molar-refractivity contribution in [2.45, 2.75) is 40.0 Å². The first-order chi connectivity index (χ1) is 14.4. The molecular weight excluding hydrogens is 464 g/mol. The SMILES string of the molecule is CCCCOc1ccc(Br)cc1C(=O)NC(=S)Nc1ccc(OCCC(C)C)cc1. The molecule has 0 fully saturated rings. The number of amides is 1. The van der Waals surface area contributed by atoms with E-state index < -0.39 is 0 Å². The molecule has 7 heteroatoms. The third-order valence-corrected chi connectivity index (χ3v) is 4.94. The third-order valence-electron chi connectivity index (χ3n) is 4.24. The Balaban J connectivity index is 1.93. The van der Waals surface area contributed by atoms with E-state index in [4.69, 9.17) is 21.7 Å². The Hall–Kier alpha value is -2.12. The molecule has 0 radical (unpaired) electrons. The Labute approximate surface area is 192 Å². The van der Waals surface area contributed by atoms with Crippen LogP contribution in [0, 0.1) is 5.92 Å². The summed E-state index contributed by atoms with van der Waals surface area (Å²) in [5.41, 5.74) is 1.20. The highest BCUT2D eigenvalue weighted by Gasteiger charge is 2.15. The number of nitrogens with one attached hydrogen (secondary N) is 2. The van der Waals surface area contributed by atoms with Gasteiger partial charge >= 0.3 is 0 Å². The lowest BCUT2D eigenvalue weighted by atomic mass is 10.1. The van der Waals surface area contributed by atoms with Crippen molar-refractivity contribution < 1.29 is 14.3 Å². The van der Waals surface area contributed by atoms with Gasteiger partial charge in [-0.1, -0.05) is 43.1 Å². The van der Waals surface area contributed by atoms with E-state index >= 15 is 0 Å². The maximum Gasteiger partial charge on any atom is 0.261 e. The standard InChI is InChI=1S/C23H29BrN2O3S/c1-4-5-13-29-21-11-6-17(24)15-20(21)22(27)26-23(30)25-18-7-9-19(10-8-18)28-14-12-16(2)3/h6-11,15-16H,4-5,12-14H2,1-3H3,(H2,25,26,27,30). The molecule has 2 aromatic carbocycles. The lowest BCUT2D eigenvalue weighted by Gasteiger charge is -2.14. The third kappa shape index (κ3) is 8.32. The molecule has 0 aliphatic heterocycles. The fourth-order valence-electron chi connectivity index (χ4n) is 2.51. The Kier molecular flexibility index (Phi) is 10.1. The summed E-state index contributed by atoms with van der Waals surface area (Å²) in [5, 5.41) is 5.95. The number of hydrogen-bond donors (Lipinski definition) is 2. The van der Waals surface area contributed by atoms with Crippen LogP contribution in [0.1, 0.15) is 50.4 Å². The number of carbonyl (C=O) groups is 1. The molecule has 0 atom stereocenters. The van der Waals surface area contributed by atoms with Gasteiger partial charge in [-0.05, 0) is 73.4 Å². The second-order valence-electron chi connectivity index (χ2n) is 7.31. The van der Waals surface area contributed by atoms with E-state index in [1.807, 2.05) is 30.3 Å². The van der Waals surface area contributed by atoms with Crippen LogP contribution in [-0.4, -0.2) is 24.2 Å². The van der Waals surface area contributed by atoms with Crippen LogP contribution in [0.5, 0.6) is 11.5 Å². The monoisotopic (exact) mass is 492 g/mol. The molecule has 5 nitrogen and oxygen atoms in total. The second-order valence-corrected chi connectivity index (χ2v) is 8.63. The van der Waals surface area contributed by atoms with E-state index in [2.05, 4.69) is 47.3 Å². The van der Waals surface area contributed by atoms with Gasteiger partial charge in [0.25, 0.3) is 5.91 Å². The van der Waals surface area contributed by atoms with E-state index in [9.17, 15) is 4.79 Å². The summed E-state index contributed by atoms with van der Waals surface area (Å²) in [7, 11) is 0. The first-order valence-electron chi connectivity index (χ1n) is 10.2. The van der Waals surface area contributed by atoms with Crippen molar-refractivity contribution in [1.82, 2.24) is 5.32 Å². The molecule has 2 N–H and O–H groups in total. The zero-order valence-electron chi connectivity index (χ0n) is 17.7. The van der Waals surface area contributed by atoms with Crippen molar-refractivity contribution in [2.75, 3.05) is 18.5 Å². The fraction of sp³-hybridized carbons (Fsp3) is 0.391. The number of carbonyl (C=O) groups excluding carboxylic acids is 1. The molecule has 0 aliphatic rings. The van der Waals surface area contributed by atoms with E-state index in [0.717, 1.165) is 35.2 Å².